The fourth-order valence-electron chi connectivity index (χ4n) is 2.92. The second-order valence-corrected chi connectivity index (χ2v) is 6.72. The van der Waals surface area contributed by atoms with Crippen LogP contribution in [0, 0.1) is 5.95 Å². The maximum atomic E-state index is 13.0. The standard InChI is InChI=1S/C22H16F4N4O2/c1-31-18-8-14(16-11-29-21(30-16)15-4-7-20(23)28-10-15)3-5-17(18)32-12-13-2-6-19(27-9-13)22(24,25)26/h2-11H,12H2,1H3,(H,29,30). The molecule has 3 heterocycles. The number of pyridine rings is 2. The highest BCUT2D eigenvalue weighted by Crippen LogP contribution is 2.33. The number of alkyl halides is 3. The molecule has 0 amide bonds. The van der Waals surface area contributed by atoms with E-state index in [9.17, 15) is 17.6 Å². The molecule has 164 valence electrons. The molecule has 0 unspecified atom stereocenters. The van der Waals surface area contributed by atoms with Gasteiger partial charge in [-0.2, -0.15) is 17.6 Å². The van der Waals surface area contributed by atoms with Crippen molar-refractivity contribution in [3.8, 4) is 34.1 Å². The van der Waals surface area contributed by atoms with Gasteiger partial charge >= 0.3 is 6.18 Å². The summed E-state index contributed by atoms with van der Waals surface area (Å²) in [5.41, 5.74) is 1.61. The van der Waals surface area contributed by atoms with Gasteiger partial charge < -0.3 is 14.5 Å². The Balaban J connectivity index is 1.49. The zero-order chi connectivity index (χ0) is 22.7. The molecule has 3 aromatic heterocycles. The van der Waals surface area contributed by atoms with E-state index in [0.717, 1.165) is 17.8 Å². The molecule has 0 fully saturated rings. The third kappa shape index (κ3) is 4.69. The van der Waals surface area contributed by atoms with Crippen LogP contribution in [0.5, 0.6) is 11.5 Å². The lowest BCUT2D eigenvalue weighted by molar-refractivity contribution is -0.141. The topological polar surface area (TPSA) is 72.9 Å². The summed E-state index contributed by atoms with van der Waals surface area (Å²) in [5, 5.41) is 0. The second kappa shape index (κ2) is 8.66. The highest BCUT2D eigenvalue weighted by Gasteiger charge is 2.32. The normalized spacial score (nSPS) is 11.4. The molecule has 1 aromatic carbocycles. The Morgan fingerprint density at radius 1 is 0.875 bits per heavy atom. The summed E-state index contributed by atoms with van der Waals surface area (Å²) >= 11 is 0. The number of aromatic nitrogens is 4. The third-order valence-corrected chi connectivity index (χ3v) is 4.56. The van der Waals surface area contributed by atoms with Crippen LogP contribution in [0.4, 0.5) is 17.6 Å². The Labute approximate surface area is 179 Å². The van der Waals surface area contributed by atoms with Crippen LogP contribution in [-0.4, -0.2) is 27.0 Å². The van der Waals surface area contributed by atoms with Crippen molar-refractivity contribution in [3.05, 3.63) is 78.3 Å². The molecule has 32 heavy (non-hydrogen) atoms. The van der Waals surface area contributed by atoms with Gasteiger partial charge in [0.25, 0.3) is 0 Å². The van der Waals surface area contributed by atoms with Gasteiger partial charge in [-0.25, -0.2) is 9.97 Å². The quantitative estimate of drug-likeness (QED) is 0.324. The zero-order valence-electron chi connectivity index (χ0n) is 16.7. The Morgan fingerprint density at radius 2 is 1.69 bits per heavy atom. The van der Waals surface area contributed by atoms with Gasteiger partial charge in [0.05, 0.1) is 19.0 Å². The summed E-state index contributed by atoms with van der Waals surface area (Å²) in [6, 6.07) is 10.2. The molecule has 0 atom stereocenters. The van der Waals surface area contributed by atoms with Crippen molar-refractivity contribution < 1.29 is 27.0 Å². The smallest absolute Gasteiger partial charge is 0.433 e. The largest absolute Gasteiger partial charge is 0.493 e. The highest BCUT2D eigenvalue weighted by atomic mass is 19.4. The van der Waals surface area contributed by atoms with Crippen LogP contribution in [-0.2, 0) is 12.8 Å². The molecule has 0 aliphatic heterocycles. The first-order chi connectivity index (χ1) is 15.3. The molecule has 4 rings (SSSR count). The number of aromatic amines is 1. The van der Waals surface area contributed by atoms with Gasteiger partial charge in [0.1, 0.15) is 18.1 Å². The lowest BCUT2D eigenvalue weighted by Crippen LogP contribution is -2.08. The van der Waals surface area contributed by atoms with E-state index in [0.29, 0.717) is 34.1 Å². The van der Waals surface area contributed by atoms with Crippen LogP contribution >= 0.6 is 0 Å². The molecule has 4 aromatic rings. The molecule has 0 aliphatic carbocycles. The van der Waals surface area contributed by atoms with Gasteiger partial charge in [0.2, 0.25) is 5.95 Å². The van der Waals surface area contributed by atoms with Crippen molar-refractivity contribution in [2.75, 3.05) is 7.11 Å². The summed E-state index contributed by atoms with van der Waals surface area (Å²) in [6.07, 6.45) is -0.355. The molecule has 0 radical (unpaired) electrons. The van der Waals surface area contributed by atoms with E-state index in [4.69, 9.17) is 9.47 Å². The molecule has 1 N–H and O–H groups in total. The molecule has 0 saturated carbocycles. The molecule has 6 nitrogen and oxygen atoms in total. The number of H-pyrrole nitrogens is 1. The van der Waals surface area contributed by atoms with Crippen LogP contribution < -0.4 is 9.47 Å². The Kier molecular flexibility index (Phi) is 5.76. The maximum absolute atomic E-state index is 13.0. The number of halogens is 4. The molecule has 0 aliphatic rings. The number of nitrogens with one attached hydrogen (secondary N) is 1. The van der Waals surface area contributed by atoms with Gasteiger partial charge in [-0.05, 0) is 36.4 Å². The number of imidazole rings is 1. The first-order valence-electron chi connectivity index (χ1n) is 9.34. The van der Waals surface area contributed by atoms with E-state index < -0.39 is 17.8 Å². The first kappa shape index (κ1) is 21.3. The third-order valence-electron chi connectivity index (χ3n) is 4.56. The molecule has 0 bridgehead atoms. The van der Waals surface area contributed by atoms with Gasteiger partial charge in [-0.1, -0.05) is 6.07 Å². The van der Waals surface area contributed by atoms with Crippen molar-refractivity contribution in [2.24, 2.45) is 0 Å². The van der Waals surface area contributed by atoms with Crippen LogP contribution in [0.1, 0.15) is 11.3 Å². The highest BCUT2D eigenvalue weighted by molar-refractivity contribution is 5.67. The Bertz CT molecular complexity index is 1210. The van der Waals surface area contributed by atoms with Crippen molar-refractivity contribution in [1.82, 2.24) is 19.9 Å². The number of benzene rings is 1. The maximum Gasteiger partial charge on any atom is 0.433 e. The van der Waals surface area contributed by atoms with E-state index in [1.807, 2.05) is 0 Å². The minimum Gasteiger partial charge on any atom is -0.493 e. The number of hydrogen-bond acceptors (Lipinski definition) is 5. The van der Waals surface area contributed by atoms with Crippen molar-refractivity contribution in [3.63, 3.8) is 0 Å². The van der Waals surface area contributed by atoms with Crippen LogP contribution in [0.2, 0.25) is 0 Å². The summed E-state index contributed by atoms with van der Waals surface area (Å²) in [5.74, 6) is 0.801. The van der Waals surface area contributed by atoms with Gasteiger partial charge in [0, 0.05) is 29.1 Å². The average molecular weight is 444 g/mol. The number of nitrogens with zero attached hydrogens (tertiary/aromatic N) is 3. The van der Waals surface area contributed by atoms with E-state index in [1.54, 1.807) is 30.5 Å². The van der Waals surface area contributed by atoms with Gasteiger partial charge in [0.15, 0.2) is 11.5 Å². The second-order valence-electron chi connectivity index (χ2n) is 6.72. The van der Waals surface area contributed by atoms with E-state index in [-0.39, 0.29) is 6.61 Å². The minimum absolute atomic E-state index is 0.0205. The monoisotopic (exact) mass is 444 g/mol. The van der Waals surface area contributed by atoms with Crippen molar-refractivity contribution in [1.29, 1.82) is 0 Å². The minimum atomic E-state index is -4.49. The Hall–Kier alpha value is -3.95. The fraction of sp³-hybridized carbons (Fsp3) is 0.136. The predicted octanol–water partition coefficient (Wildman–Crippen LogP) is 5.28. The van der Waals surface area contributed by atoms with Crippen LogP contribution in [0.3, 0.4) is 0 Å². The predicted molar refractivity (Wildman–Crippen MR) is 107 cm³/mol. The number of hydrogen-bond donors (Lipinski definition) is 1. The van der Waals surface area contributed by atoms with Crippen molar-refractivity contribution in [2.45, 2.75) is 12.8 Å². The zero-order valence-corrected chi connectivity index (χ0v) is 16.7. The summed E-state index contributed by atoms with van der Waals surface area (Å²) in [4.78, 5) is 14.5. The summed E-state index contributed by atoms with van der Waals surface area (Å²) in [7, 11) is 1.48. The lowest BCUT2D eigenvalue weighted by Gasteiger charge is -2.12. The number of ether oxygens (including phenoxy) is 2. The Morgan fingerprint density at radius 3 is 2.34 bits per heavy atom. The van der Waals surface area contributed by atoms with Gasteiger partial charge in [-0.3, -0.25) is 4.98 Å². The average Bonchev–Trinajstić information content (AvgIpc) is 3.28. The van der Waals surface area contributed by atoms with Gasteiger partial charge in [-0.15, -0.1) is 0 Å². The van der Waals surface area contributed by atoms with Crippen molar-refractivity contribution >= 4 is 0 Å². The van der Waals surface area contributed by atoms with E-state index in [1.165, 1.54) is 25.4 Å². The molecular weight excluding hydrogens is 428 g/mol. The molecular formula is C22H16F4N4O2. The lowest BCUT2D eigenvalue weighted by atomic mass is 10.1. The summed E-state index contributed by atoms with van der Waals surface area (Å²) < 4.78 is 62.0. The van der Waals surface area contributed by atoms with E-state index >= 15 is 0 Å². The van der Waals surface area contributed by atoms with Crippen LogP contribution in [0.25, 0.3) is 22.6 Å². The SMILES string of the molecule is COc1cc(-c2cnc(-c3ccc(F)nc3)[nH]2)ccc1OCc1ccc(C(F)(F)F)nc1. The molecule has 0 saturated heterocycles. The molecule has 10 heteroatoms. The fourth-order valence-corrected chi connectivity index (χ4v) is 2.92. The summed E-state index contributed by atoms with van der Waals surface area (Å²) in [6.45, 7) is 0.0205. The van der Waals surface area contributed by atoms with E-state index in [2.05, 4.69) is 19.9 Å². The number of rotatable bonds is 6. The van der Waals surface area contributed by atoms with Crippen LogP contribution in [0.15, 0.2) is 61.1 Å². The molecule has 0 spiro atoms. The first-order valence-corrected chi connectivity index (χ1v) is 9.34. The number of methoxy groups -OCH3 is 1.